The number of ether oxygens (including phenoxy) is 1. The van der Waals surface area contributed by atoms with E-state index >= 15 is 0 Å². The highest BCUT2D eigenvalue weighted by molar-refractivity contribution is 5.96. The summed E-state index contributed by atoms with van der Waals surface area (Å²) < 4.78 is 5.35. The molecule has 1 amide bonds. The summed E-state index contributed by atoms with van der Waals surface area (Å²) in [4.78, 5) is 24.9. The lowest BCUT2D eigenvalue weighted by atomic mass is 10.0. The predicted molar refractivity (Wildman–Crippen MR) is 92.2 cm³/mol. The number of likely N-dealkylation sites (N-methyl/N-ethyl adjacent to an activating group) is 1. The number of methoxy groups -OCH3 is 1. The van der Waals surface area contributed by atoms with Crippen LogP contribution in [0.15, 0.2) is 48.5 Å². The maximum Gasteiger partial charge on any atom is 0.326 e. The second-order valence-electron chi connectivity index (χ2n) is 5.46. The summed E-state index contributed by atoms with van der Waals surface area (Å²) in [6.45, 7) is 1.74. The molecule has 5 nitrogen and oxygen atoms in total. The van der Waals surface area contributed by atoms with Crippen molar-refractivity contribution in [3.63, 3.8) is 0 Å². The first-order valence-corrected chi connectivity index (χ1v) is 7.73. The van der Waals surface area contributed by atoms with Crippen molar-refractivity contribution in [3.8, 4) is 16.9 Å². The van der Waals surface area contributed by atoms with Crippen LogP contribution in [0.1, 0.15) is 23.7 Å². The number of amides is 1. The molecule has 5 heteroatoms. The fourth-order valence-electron chi connectivity index (χ4n) is 2.63. The van der Waals surface area contributed by atoms with Crippen molar-refractivity contribution in [2.45, 2.75) is 19.4 Å². The van der Waals surface area contributed by atoms with Crippen LogP contribution in [-0.2, 0) is 4.79 Å². The monoisotopic (exact) mass is 327 g/mol. The van der Waals surface area contributed by atoms with Crippen molar-refractivity contribution in [3.05, 3.63) is 54.1 Å². The topological polar surface area (TPSA) is 66.8 Å². The van der Waals surface area contributed by atoms with Gasteiger partial charge in [-0.05, 0) is 30.2 Å². The van der Waals surface area contributed by atoms with Crippen LogP contribution < -0.4 is 4.74 Å². The van der Waals surface area contributed by atoms with Crippen molar-refractivity contribution >= 4 is 11.9 Å². The average molecular weight is 327 g/mol. The maximum absolute atomic E-state index is 12.5. The summed E-state index contributed by atoms with van der Waals surface area (Å²) in [6, 6.07) is 13.9. The highest BCUT2D eigenvalue weighted by Crippen LogP contribution is 2.29. The molecule has 24 heavy (non-hydrogen) atoms. The van der Waals surface area contributed by atoms with Crippen molar-refractivity contribution in [1.82, 2.24) is 4.90 Å². The summed E-state index contributed by atoms with van der Waals surface area (Å²) in [7, 11) is 3.13. The molecule has 0 aliphatic rings. The number of nitrogens with zero attached hydrogens (tertiary/aromatic N) is 1. The molecule has 1 atom stereocenters. The van der Waals surface area contributed by atoms with E-state index in [9.17, 15) is 14.7 Å². The molecule has 0 saturated heterocycles. The first kappa shape index (κ1) is 17.5. The van der Waals surface area contributed by atoms with E-state index < -0.39 is 12.0 Å². The fraction of sp³-hybridized carbons (Fsp3) is 0.263. The van der Waals surface area contributed by atoms with E-state index in [1.165, 1.54) is 11.9 Å². The molecule has 0 saturated carbocycles. The van der Waals surface area contributed by atoms with Gasteiger partial charge >= 0.3 is 5.97 Å². The van der Waals surface area contributed by atoms with Gasteiger partial charge in [-0.25, -0.2) is 4.79 Å². The Bertz CT molecular complexity index is 724. The summed E-state index contributed by atoms with van der Waals surface area (Å²) in [5.41, 5.74) is 2.32. The van der Waals surface area contributed by atoms with Crippen LogP contribution in [0.2, 0.25) is 0 Å². The molecule has 0 fully saturated rings. The van der Waals surface area contributed by atoms with Crippen LogP contribution in [0.5, 0.6) is 5.75 Å². The summed E-state index contributed by atoms with van der Waals surface area (Å²) in [5.74, 6) is -0.555. The van der Waals surface area contributed by atoms with E-state index in [4.69, 9.17) is 4.74 Å². The zero-order valence-corrected chi connectivity index (χ0v) is 14.0. The minimum absolute atomic E-state index is 0.309. The van der Waals surface area contributed by atoms with E-state index in [1.807, 2.05) is 36.4 Å². The smallest absolute Gasteiger partial charge is 0.326 e. The quantitative estimate of drug-likeness (QED) is 0.884. The number of benzene rings is 2. The third-order valence-corrected chi connectivity index (χ3v) is 4.01. The number of rotatable bonds is 6. The Morgan fingerprint density at radius 2 is 1.75 bits per heavy atom. The third kappa shape index (κ3) is 3.56. The van der Waals surface area contributed by atoms with Gasteiger partial charge in [-0.15, -0.1) is 0 Å². The van der Waals surface area contributed by atoms with Gasteiger partial charge in [-0.1, -0.05) is 37.3 Å². The van der Waals surface area contributed by atoms with E-state index in [0.717, 1.165) is 16.9 Å². The molecule has 0 aromatic heterocycles. The Hall–Kier alpha value is -2.82. The van der Waals surface area contributed by atoms with Crippen molar-refractivity contribution in [2.75, 3.05) is 14.2 Å². The van der Waals surface area contributed by atoms with Gasteiger partial charge in [-0.3, -0.25) is 4.79 Å². The SMILES string of the molecule is CC[C@@H](C(=O)O)N(C)C(=O)c1ccc(-c2ccccc2OC)cc1. The molecule has 2 aromatic carbocycles. The highest BCUT2D eigenvalue weighted by atomic mass is 16.5. The molecule has 0 unspecified atom stereocenters. The molecular weight excluding hydrogens is 306 g/mol. The van der Waals surface area contributed by atoms with Crippen LogP contribution in [0, 0.1) is 0 Å². The van der Waals surface area contributed by atoms with E-state index in [-0.39, 0.29) is 5.91 Å². The van der Waals surface area contributed by atoms with Gasteiger partial charge in [0.05, 0.1) is 7.11 Å². The minimum Gasteiger partial charge on any atom is -0.496 e. The van der Waals surface area contributed by atoms with E-state index in [2.05, 4.69) is 0 Å². The molecule has 0 aliphatic carbocycles. The Labute approximate surface area is 141 Å². The molecule has 0 bridgehead atoms. The second kappa shape index (κ2) is 7.64. The molecule has 2 aromatic rings. The summed E-state index contributed by atoms with van der Waals surface area (Å²) >= 11 is 0. The molecule has 2 rings (SSSR count). The predicted octanol–water partition coefficient (Wildman–Crippen LogP) is 3.30. The highest BCUT2D eigenvalue weighted by Gasteiger charge is 2.25. The van der Waals surface area contributed by atoms with Crippen molar-refractivity contribution in [2.24, 2.45) is 0 Å². The summed E-state index contributed by atoms with van der Waals surface area (Å²) in [6.07, 6.45) is 0.358. The molecule has 0 heterocycles. The molecule has 1 N–H and O–H groups in total. The first-order valence-electron chi connectivity index (χ1n) is 7.73. The molecule has 126 valence electrons. The zero-order valence-electron chi connectivity index (χ0n) is 14.0. The lowest BCUT2D eigenvalue weighted by Gasteiger charge is -2.23. The number of hydrogen-bond donors (Lipinski definition) is 1. The molecule has 0 radical (unpaired) electrons. The lowest BCUT2D eigenvalue weighted by molar-refractivity contribution is -0.142. The van der Waals surface area contributed by atoms with Gasteiger partial charge < -0.3 is 14.7 Å². The van der Waals surface area contributed by atoms with Gasteiger partial charge in [0.15, 0.2) is 0 Å². The van der Waals surface area contributed by atoms with Crippen molar-refractivity contribution < 1.29 is 19.4 Å². The lowest BCUT2D eigenvalue weighted by Crippen LogP contribution is -2.41. The third-order valence-electron chi connectivity index (χ3n) is 4.01. The average Bonchev–Trinajstić information content (AvgIpc) is 2.61. The Morgan fingerprint density at radius 1 is 1.12 bits per heavy atom. The molecule has 0 spiro atoms. The second-order valence-corrected chi connectivity index (χ2v) is 5.46. The van der Waals surface area contributed by atoms with Gasteiger partial charge in [-0.2, -0.15) is 0 Å². The summed E-state index contributed by atoms with van der Waals surface area (Å²) in [5, 5.41) is 9.18. The van der Waals surface area contributed by atoms with Gasteiger partial charge in [0.1, 0.15) is 11.8 Å². The number of carboxylic acids is 1. The van der Waals surface area contributed by atoms with Gasteiger partial charge in [0, 0.05) is 18.2 Å². The first-order chi connectivity index (χ1) is 11.5. The normalized spacial score (nSPS) is 11.6. The Balaban J connectivity index is 2.26. The number of hydrogen-bond acceptors (Lipinski definition) is 3. The van der Waals surface area contributed by atoms with Gasteiger partial charge in [0.25, 0.3) is 5.91 Å². The molecule has 0 aliphatic heterocycles. The number of carbonyl (C=O) groups is 2. The van der Waals surface area contributed by atoms with Gasteiger partial charge in [0.2, 0.25) is 0 Å². The number of carbonyl (C=O) groups excluding carboxylic acids is 1. The maximum atomic E-state index is 12.5. The zero-order chi connectivity index (χ0) is 17.7. The van der Waals surface area contributed by atoms with Crippen LogP contribution >= 0.6 is 0 Å². The largest absolute Gasteiger partial charge is 0.496 e. The molecular formula is C19H21NO4. The van der Waals surface area contributed by atoms with Crippen LogP contribution in [-0.4, -0.2) is 42.1 Å². The minimum atomic E-state index is -1.00. The standard InChI is InChI=1S/C19H21NO4/c1-4-16(19(22)23)20(2)18(21)14-11-9-13(10-12-14)15-7-5-6-8-17(15)24-3/h5-12,16H,4H2,1-3H3,(H,22,23)/t16-/m0/s1. The number of carboxylic acid groups (broad SMARTS) is 1. The van der Waals surface area contributed by atoms with Crippen molar-refractivity contribution in [1.29, 1.82) is 0 Å². The van der Waals surface area contributed by atoms with E-state index in [0.29, 0.717) is 12.0 Å². The van der Waals surface area contributed by atoms with Crippen LogP contribution in [0.4, 0.5) is 0 Å². The Kier molecular flexibility index (Phi) is 5.58. The van der Waals surface area contributed by atoms with Crippen LogP contribution in [0.25, 0.3) is 11.1 Å². The fourth-order valence-corrected chi connectivity index (χ4v) is 2.63. The van der Waals surface area contributed by atoms with Crippen LogP contribution in [0.3, 0.4) is 0 Å². The number of aliphatic carboxylic acids is 1. The van der Waals surface area contributed by atoms with E-state index in [1.54, 1.807) is 26.2 Å². The number of para-hydroxylation sites is 1. The Morgan fingerprint density at radius 3 is 2.29 bits per heavy atom.